The zero-order chi connectivity index (χ0) is 23.5. The first-order chi connectivity index (χ1) is 15.4. The van der Waals surface area contributed by atoms with Gasteiger partial charge in [-0.25, -0.2) is 4.79 Å². The van der Waals surface area contributed by atoms with E-state index < -0.39 is 12.1 Å². The predicted molar refractivity (Wildman–Crippen MR) is 124 cm³/mol. The molecule has 0 aromatic heterocycles. The second-order valence-corrected chi connectivity index (χ2v) is 7.21. The van der Waals surface area contributed by atoms with Crippen LogP contribution >= 0.6 is 11.6 Å². The van der Waals surface area contributed by atoms with Crippen molar-refractivity contribution in [3.8, 4) is 29.1 Å². The van der Waals surface area contributed by atoms with Crippen molar-refractivity contribution in [3.63, 3.8) is 0 Å². The van der Waals surface area contributed by atoms with Gasteiger partial charge in [0.15, 0.2) is 6.10 Å². The number of methoxy groups -OCH3 is 2. The molecule has 0 fully saturated rings. The summed E-state index contributed by atoms with van der Waals surface area (Å²) in [6.45, 7) is 4.26. The van der Waals surface area contributed by atoms with E-state index in [0.717, 1.165) is 16.7 Å². The molecule has 0 heterocycles. The van der Waals surface area contributed by atoms with E-state index in [-0.39, 0.29) is 13.0 Å². The molecule has 0 aliphatic rings. The van der Waals surface area contributed by atoms with Crippen LogP contribution in [0.25, 0.3) is 0 Å². The van der Waals surface area contributed by atoms with Crippen molar-refractivity contribution in [2.75, 3.05) is 27.4 Å². The molecule has 0 spiro atoms. The Morgan fingerprint density at radius 1 is 1.16 bits per heavy atom. The van der Waals surface area contributed by atoms with Crippen molar-refractivity contribution >= 4 is 17.6 Å². The van der Waals surface area contributed by atoms with E-state index in [1.165, 1.54) is 0 Å². The fourth-order valence-electron chi connectivity index (χ4n) is 2.78. The van der Waals surface area contributed by atoms with Crippen molar-refractivity contribution in [1.82, 2.24) is 0 Å². The Hall–Kier alpha value is -3.14. The lowest BCUT2D eigenvalue weighted by Gasteiger charge is -2.13. The van der Waals surface area contributed by atoms with Crippen molar-refractivity contribution in [3.05, 3.63) is 64.2 Å². The summed E-state index contributed by atoms with van der Waals surface area (Å²) in [7, 11) is 3.19. The quantitative estimate of drug-likeness (QED) is 0.517. The summed E-state index contributed by atoms with van der Waals surface area (Å²) in [6, 6.07) is 10.7. The fraction of sp³-hybridized carbons (Fsp3) is 0.320. The lowest BCUT2D eigenvalue weighted by molar-refractivity contribution is -0.149. The van der Waals surface area contributed by atoms with Gasteiger partial charge >= 0.3 is 5.97 Å². The Balaban J connectivity index is 1.99. The number of hydrogen-bond acceptors (Lipinski definition) is 5. The van der Waals surface area contributed by atoms with Gasteiger partial charge in [-0.1, -0.05) is 29.5 Å². The molecular formula is C25H27ClO6. The molecule has 0 unspecified atom stereocenters. The number of aliphatic carboxylic acids is 1. The highest BCUT2D eigenvalue weighted by Crippen LogP contribution is 2.26. The van der Waals surface area contributed by atoms with Gasteiger partial charge < -0.3 is 24.1 Å². The average molecular weight is 459 g/mol. The molecule has 0 amide bonds. The van der Waals surface area contributed by atoms with Crippen LogP contribution in [0.3, 0.4) is 0 Å². The molecule has 0 saturated carbocycles. The number of hydrogen-bond donors (Lipinski definition) is 1. The van der Waals surface area contributed by atoms with Crippen LogP contribution in [0.4, 0.5) is 0 Å². The van der Waals surface area contributed by atoms with Gasteiger partial charge in [-0.3, -0.25) is 0 Å². The summed E-state index contributed by atoms with van der Waals surface area (Å²) in [4.78, 5) is 11.2. The maximum absolute atomic E-state index is 11.2. The molecule has 0 saturated heterocycles. The molecule has 0 bridgehead atoms. The third-order valence-corrected chi connectivity index (χ3v) is 4.74. The summed E-state index contributed by atoms with van der Waals surface area (Å²) in [5, 5.41) is 9.62. The molecule has 2 aromatic carbocycles. The number of benzene rings is 2. The van der Waals surface area contributed by atoms with Gasteiger partial charge in [0.1, 0.15) is 23.9 Å². The molecule has 32 heavy (non-hydrogen) atoms. The highest BCUT2D eigenvalue weighted by Gasteiger charge is 2.18. The second kappa shape index (κ2) is 12.7. The van der Waals surface area contributed by atoms with Gasteiger partial charge in [0.05, 0.1) is 19.2 Å². The lowest BCUT2D eigenvalue weighted by atomic mass is 10.1. The van der Waals surface area contributed by atoms with Crippen molar-refractivity contribution in [1.29, 1.82) is 0 Å². The summed E-state index contributed by atoms with van der Waals surface area (Å²) < 4.78 is 21.5. The van der Waals surface area contributed by atoms with Gasteiger partial charge in [0.25, 0.3) is 0 Å². The Bertz CT molecular complexity index is 997. The van der Waals surface area contributed by atoms with Crippen LogP contribution < -0.4 is 14.2 Å². The van der Waals surface area contributed by atoms with E-state index in [1.807, 2.05) is 25.1 Å². The van der Waals surface area contributed by atoms with Crippen molar-refractivity contribution in [2.45, 2.75) is 26.4 Å². The van der Waals surface area contributed by atoms with E-state index >= 15 is 0 Å². The van der Waals surface area contributed by atoms with E-state index in [0.29, 0.717) is 28.9 Å². The molecule has 2 aromatic rings. The van der Waals surface area contributed by atoms with Crippen LogP contribution in [0.1, 0.15) is 25.0 Å². The zero-order valence-electron chi connectivity index (χ0n) is 18.6. The monoisotopic (exact) mass is 458 g/mol. The van der Waals surface area contributed by atoms with Gasteiger partial charge in [-0.15, -0.1) is 0 Å². The zero-order valence-corrected chi connectivity index (χ0v) is 19.4. The normalized spacial score (nSPS) is 11.8. The number of carboxylic acids is 1. The molecule has 1 N–H and O–H groups in total. The molecule has 7 heteroatoms. The maximum atomic E-state index is 11.2. The Morgan fingerprint density at radius 3 is 2.41 bits per heavy atom. The highest BCUT2D eigenvalue weighted by molar-refractivity contribution is 6.32. The molecule has 6 nitrogen and oxygen atoms in total. The second-order valence-electron chi connectivity index (χ2n) is 6.80. The number of carbonyl (C=O) groups is 1. The van der Waals surface area contributed by atoms with Crippen LogP contribution in [0.15, 0.2) is 48.0 Å². The maximum Gasteiger partial charge on any atom is 0.333 e. The van der Waals surface area contributed by atoms with Gasteiger partial charge in [-0.05, 0) is 55.3 Å². The summed E-state index contributed by atoms with van der Waals surface area (Å²) in [6.07, 6.45) is 1.17. The van der Waals surface area contributed by atoms with Gasteiger partial charge in [0, 0.05) is 24.7 Å². The molecule has 0 radical (unpaired) electrons. The molecule has 0 aliphatic heterocycles. The SMILES string of the molecule is CCO[C@@H](Cc1ccc(OC/C=C(/C)C#Cc2cc(OC)cc(OC)c2)c(Cl)c1)C(=O)O. The van der Waals surface area contributed by atoms with Crippen molar-refractivity contribution < 1.29 is 28.8 Å². The smallest absolute Gasteiger partial charge is 0.333 e. The van der Waals surface area contributed by atoms with Crippen LogP contribution in [0.5, 0.6) is 17.2 Å². The Kier molecular flexibility index (Phi) is 9.93. The van der Waals surface area contributed by atoms with Crippen molar-refractivity contribution in [2.24, 2.45) is 0 Å². The number of allylic oxidation sites excluding steroid dienone is 1. The molecular weight excluding hydrogens is 432 g/mol. The first-order valence-electron chi connectivity index (χ1n) is 10.0. The molecule has 170 valence electrons. The summed E-state index contributed by atoms with van der Waals surface area (Å²) in [5.74, 6) is 7.01. The Morgan fingerprint density at radius 2 is 1.84 bits per heavy atom. The number of carboxylic acid groups (broad SMARTS) is 1. The summed E-state index contributed by atoms with van der Waals surface area (Å²) >= 11 is 6.30. The van der Waals surface area contributed by atoms with E-state index in [4.69, 9.17) is 30.5 Å². The Labute approximate surface area is 193 Å². The molecule has 1 atom stereocenters. The number of rotatable bonds is 10. The molecule has 2 rings (SSSR count). The minimum atomic E-state index is -1.00. The van der Waals surface area contributed by atoms with Crippen LogP contribution in [0.2, 0.25) is 5.02 Å². The summed E-state index contributed by atoms with van der Waals surface area (Å²) in [5.41, 5.74) is 2.37. The third kappa shape index (κ3) is 7.84. The van der Waals surface area contributed by atoms with E-state index in [2.05, 4.69) is 11.8 Å². The first-order valence-corrected chi connectivity index (χ1v) is 10.4. The van der Waals surface area contributed by atoms with Gasteiger partial charge in [0.2, 0.25) is 0 Å². The van der Waals surface area contributed by atoms with Gasteiger partial charge in [-0.2, -0.15) is 0 Å². The lowest BCUT2D eigenvalue weighted by Crippen LogP contribution is -2.26. The van der Waals surface area contributed by atoms with E-state index in [9.17, 15) is 9.90 Å². The standard InChI is InChI=1S/C25H27ClO6/c1-5-31-24(25(27)28)15-19-8-9-23(22(26)14-19)32-11-10-17(2)6-7-18-12-20(29-3)16-21(13-18)30-4/h8-10,12-14,16,24H,5,11,15H2,1-4H3,(H,27,28)/b17-10-/t24-/m0/s1. The topological polar surface area (TPSA) is 74.2 Å². The minimum Gasteiger partial charge on any atom is -0.497 e. The van der Waals surface area contributed by atoms with E-state index in [1.54, 1.807) is 45.4 Å². The number of halogens is 1. The number of ether oxygens (including phenoxy) is 4. The first kappa shape index (κ1) is 25.1. The third-order valence-electron chi connectivity index (χ3n) is 4.44. The largest absolute Gasteiger partial charge is 0.497 e. The average Bonchev–Trinajstić information content (AvgIpc) is 2.78. The predicted octanol–water partition coefficient (Wildman–Crippen LogP) is 4.77. The highest BCUT2D eigenvalue weighted by atomic mass is 35.5. The van der Waals surface area contributed by atoms with Crippen LogP contribution in [-0.4, -0.2) is 44.6 Å². The molecule has 0 aliphatic carbocycles. The minimum absolute atomic E-state index is 0.229. The van der Waals surface area contributed by atoms with Crippen LogP contribution in [-0.2, 0) is 16.0 Å². The fourth-order valence-corrected chi connectivity index (χ4v) is 3.04. The van der Waals surface area contributed by atoms with Crippen LogP contribution in [0, 0.1) is 11.8 Å².